The van der Waals surface area contributed by atoms with Crippen LogP contribution in [0.2, 0.25) is 0 Å². The molecule has 1 aliphatic rings. The van der Waals surface area contributed by atoms with Gasteiger partial charge >= 0.3 is 0 Å². The molecule has 0 bridgehead atoms. The fourth-order valence-corrected chi connectivity index (χ4v) is 4.61. The molecule has 5 nitrogen and oxygen atoms in total. The van der Waals surface area contributed by atoms with Crippen LogP contribution in [0.25, 0.3) is 0 Å². The first-order chi connectivity index (χ1) is 12.0. The monoisotopic (exact) mass is 360 g/mol. The molecule has 3 rings (SSSR count). The minimum Gasteiger partial charge on any atom is -0.497 e. The van der Waals surface area contributed by atoms with E-state index in [1.54, 1.807) is 29.6 Å². The summed E-state index contributed by atoms with van der Waals surface area (Å²) in [6.45, 7) is 5.19. The van der Waals surface area contributed by atoms with Crippen LogP contribution in [0.3, 0.4) is 0 Å². The Kier molecular flexibility index (Phi) is 5.42. The molecule has 134 valence electrons. The number of benzene rings is 2. The molecule has 2 aromatic rings. The maximum absolute atomic E-state index is 12.8. The average molecular weight is 360 g/mol. The molecule has 1 saturated heterocycles. The molecule has 0 N–H and O–H groups in total. The van der Waals surface area contributed by atoms with Crippen LogP contribution < -0.4 is 4.74 Å². The van der Waals surface area contributed by atoms with E-state index < -0.39 is 10.0 Å². The topological polar surface area (TPSA) is 49.9 Å². The molecule has 0 aliphatic carbocycles. The SMILES string of the molecule is COc1cccc(CN2CCN(S(=O)(=O)c3cccc(C)c3)CC2)c1. The molecule has 2 aromatic carbocycles. The third kappa shape index (κ3) is 4.21. The third-order valence-electron chi connectivity index (χ3n) is 4.50. The van der Waals surface area contributed by atoms with Crippen LogP contribution in [-0.4, -0.2) is 50.9 Å². The first-order valence-electron chi connectivity index (χ1n) is 8.41. The zero-order chi connectivity index (χ0) is 17.9. The molecule has 25 heavy (non-hydrogen) atoms. The number of ether oxygens (including phenoxy) is 1. The second-order valence-electron chi connectivity index (χ2n) is 6.35. The predicted molar refractivity (Wildman–Crippen MR) is 98.2 cm³/mol. The molecule has 6 heteroatoms. The number of methoxy groups -OCH3 is 1. The van der Waals surface area contributed by atoms with Crippen LogP contribution in [0.15, 0.2) is 53.4 Å². The van der Waals surface area contributed by atoms with Crippen molar-refractivity contribution >= 4 is 10.0 Å². The largest absolute Gasteiger partial charge is 0.497 e. The van der Waals surface area contributed by atoms with E-state index in [0.717, 1.165) is 30.9 Å². The Bertz CT molecular complexity index is 828. The number of aryl methyl sites for hydroxylation is 1. The molecule has 0 unspecified atom stereocenters. The average Bonchev–Trinajstić information content (AvgIpc) is 2.62. The molecular weight excluding hydrogens is 336 g/mol. The summed E-state index contributed by atoms with van der Waals surface area (Å²) in [4.78, 5) is 2.66. The Morgan fingerprint density at radius 2 is 1.72 bits per heavy atom. The molecule has 0 amide bonds. The van der Waals surface area contributed by atoms with Crippen molar-refractivity contribution < 1.29 is 13.2 Å². The zero-order valence-electron chi connectivity index (χ0n) is 14.7. The van der Waals surface area contributed by atoms with Crippen molar-refractivity contribution in [2.24, 2.45) is 0 Å². The molecule has 0 spiro atoms. The summed E-state index contributed by atoms with van der Waals surface area (Å²) < 4.78 is 32.4. The van der Waals surface area contributed by atoms with Gasteiger partial charge in [-0.2, -0.15) is 4.31 Å². The van der Waals surface area contributed by atoms with Gasteiger partial charge in [-0.25, -0.2) is 8.42 Å². The molecule has 1 aliphatic heterocycles. The Hall–Kier alpha value is -1.89. The highest BCUT2D eigenvalue weighted by atomic mass is 32.2. The summed E-state index contributed by atoms with van der Waals surface area (Å²) >= 11 is 0. The van der Waals surface area contributed by atoms with Crippen molar-refractivity contribution in [3.8, 4) is 5.75 Å². The summed E-state index contributed by atoms with van der Waals surface area (Å²) in [5.74, 6) is 0.846. The highest BCUT2D eigenvalue weighted by molar-refractivity contribution is 7.89. The van der Waals surface area contributed by atoms with Gasteiger partial charge < -0.3 is 4.74 Å². The maximum atomic E-state index is 12.8. The van der Waals surface area contributed by atoms with Crippen molar-refractivity contribution in [3.63, 3.8) is 0 Å². The zero-order valence-corrected chi connectivity index (χ0v) is 15.5. The lowest BCUT2D eigenvalue weighted by Crippen LogP contribution is -2.48. The van der Waals surface area contributed by atoms with Gasteiger partial charge in [-0.15, -0.1) is 0 Å². The Balaban J connectivity index is 1.63. The summed E-state index contributed by atoms with van der Waals surface area (Å²) in [6.07, 6.45) is 0. The van der Waals surface area contributed by atoms with Crippen LogP contribution in [0.4, 0.5) is 0 Å². The smallest absolute Gasteiger partial charge is 0.243 e. The van der Waals surface area contributed by atoms with Crippen molar-refractivity contribution in [2.75, 3.05) is 33.3 Å². The lowest BCUT2D eigenvalue weighted by Gasteiger charge is -2.34. The van der Waals surface area contributed by atoms with Gasteiger partial charge in [-0.05, 0) is 42.3 Å². The Labute approximate surface area is 149 Å². The van der Waals surface area contributed by atoms with E-state index in [-0.39, 0.29) is 0 Å². The highest BCUT2D eigenvalue weighted by Crippen LogP contribution is 2.20. The van der Waals surface area contributed by atoms with Gasteiger partial charge in [0.05, 0.1) is 12.0 Å². The van der Waals surface area contributed by atoms with Crippen LogP contribution in [-0.2, 0) is 16.6 Å². The van der Waals surface area contributed by atoms with Gasteiger partial charge in [0, 0.05) is 32.7 Å². The first kappa shape index (κ1) is 17.9. The molecule has 0 saturated carbocycles. The maximum Gasteiger partial charge on any atom is 0.243 e. The van der Waals surface area contributed by atoms with Crippen LogP contribution >= 0.6 is 0 Å². The van der Waals surface area contributed by atoms with E-state index in [9.17, 15) is 8.42 Å². The van der Waals surface area contributed by atoms with Crippen LogP contribution in [0.1, 0.15) is 11.1 Å². The van der Waals surface area contributed by atoms with E-state index >= 15 is 0 Å². The van der Waals surface area contributed by atoms with Crippen molar-refractivity contribution in [3.05, 3.63) is 59.7 Å². The first-order valence-corrected chi connectivity index (χ1v) is 9.85. The Morgan fingerprint density at radius 1 is 1.00 bits per heavy atom. The molecule has 0 radical (unpaired) electrons. The summed E-state index contributed by atoms with van der Waals surface area (Å²) in [5, 5.41) is 0. The second kappa shape index (κ2) is 7.56. The van der Waals surface area contributed by atoms with E-state index in [4.69, 9.17) is 4.74 Å². The number of hydrogen-bond donors (Lipinski definition) is 0. The summed E-state index contributed by atoms with van der Waals surface area (Å²) in [5.41, 5.74) is 2.13. The van der Waals surface area contributed by atoms with E-state index in [1.165, 1.54) is 5.56 Å². The van der Waals surface area contributed by atoms with Gasteiger partial charge in [0.25, 0.3) is 0 Å². The van der Waals surface area contributed by atoms with Gasteiger partial charge in [0.2, 0.25) is 10.0 Å². The third-order valence-corrected chi connectivity index (χ3v) is 6.39. The quantitative estimate of drug-likeness (QED) is 0.822. The number of rotatable bonds is 5. The fourth-order valence-electron chi connectivity index (χ4n) is 3.08. The van der Waals surface area contributed by atoms with Crippen LogP contribution in [0, 0.1) is 6.92 Å². The minimum atomic E-state index is -3.40. The standard InChI is InChI=1S/C19H24N2O3S/c1-16-5-3-8-19(13-16)25(22,23)21-11-9-20(10-12-21)15-17-6-4-7-18(14-17)24-2/h3-8,13-14H,9-12,15H2,1-2H3. The van der Waals surface area contributed by atoms with Gasteiger partial charge in [0.1, 0.15) is 5.75 Å². The summed E-state index contributed by atoms with van der Waals surface area (Å²) in [6, 6.07) is 15.1. The lowest BCUT2D eigenvalue weighted by atomic mass is 10.2. The number of hydrogen-bond acceptors (Lipinski definition) is 4. The number of nitrogens with zero attached hydrogens (tertiary/aromatic N) is 2. The molecule has 1 heterocycles. The van der Waals surface area contributed by atoms with Crippen molar-refractivity contribution in [2.45, 2.75) is 18.4 Å². The minimum absolute atomic E-state index is 0.383. The Morgan fingerprint density at radius 3 is 2.40 bits per heavy atom. The second-order valence-corrected chi connectivity index (χ2v) is 8.29. The molecule has 0 aromatic heterocycles. The van der Waals surface area contributed by atoms with Gasteiger partial charge in [0.15, 0.2) is 0 Å². The summed E-state index contributed by atoms with van der Waals surface area (Å²) in [7, 11) is -1.74. The van der Waals surface area contributed by atoms with E-state index in [0.29, 0.717) is 18.0 Å². The van der Waals surface area contributed by atoms with Gasteiger partial charge in [-0.1, -0.05) is 24.3 Å². The van der Waals surface area contributed by atoms with Crippen LogP contribution in [0.5, 0.6) is 5.75 Å². The molecule has 0 atom stereocenters. The van der Waals surface area contributed by atoms with E-state index in [1.807, 2.05) is 31.2 Å². The highest BCUT2D eigenvalue weighted by Gasteiger charge is 2.28. The van der Waals surface area contributed by atoms with Crippen molar-refractivity contribution in [1.82, 2.24) is 9.21 Å². The number of sulfonamides is 1. The normalized spacial score (nSPS) is 16.7. The molecular formula is C19H24N2O3S. The number of piperazine rings is 1. The van der Waals surface area contributed by atoms with Gasteiger partial charge in [-0.3, -0.25) is 4.90 Å². The molecule has 1 fully saturated rings. The fraction of sp³-hybridized carbons (Fsp3) is 0.368. The van der Waals surface area contributed by atoms with E-state index in [2.05, 4.69) is 11.0 Å². The van der Waals surface area contributed by atoms with Crippen molar-refractivity contribution in [1.29, 1.82) is 0 Å². The lowest BCUT2D eigenvalue weighted by molar-refractivity contribution is 0.181. The predicted octanol–water partition coefficient (Wildman–Crippen LogP) is 2.51.